The number of ether oxygens (including phenoxy) is 1. The van der Waals surface area contributed by atoms with Crippen molar-refractivity contribution in [3.05, 3.63) is 89.5 Å². The Kier molecular flexibility index (Phi) is 4.86. The van der Waals surface area contributed by atoms with Crippen LogP contribution in [0.15, 0.2) is 72.8 Å². The molecule has 148 valence electrons. The molecule has 0 aromatic heterocycles. The lowest BCUT2D eigenvalue weighted by molar-refractivity contribution is 0.248. The highest BCUT2D eigenvalue weighted by Crippen LogP contribution is 2.47. The first-order valence-corrected chi connectivity index (χ1v) is 10.4. The van der Waals surface area contributed by atoms with Crippen LogP contribution in [-0.4, -0.2) is 37.9 Å². The number of aromatic hydroxyl groups is 1. The molecule has 3 aromatic carbocycles. The second-order valence-corrected chi connectivity index (χ2v) is 7.86. The summed E-state index contributed by atoms with van der Waals surface area (Å²) in [4.78, 5) is 2.44. The molecule has 0 bridgehead atoms. The first-order valence-electron chi connectivity index (χ1n) is 10.4. The van der Waals surface area contributed by atoms with E-state index in [1.807, 2.05) is 6.07 Å². The Morgan fingerprint density at radius 3 is 2.38 bits per heavy atom. The lowest BCUT2D eigenvalue weighted by Crippen LogP contribution is -2.43. The number of nitrogens with zero attached hydrogens (tertiary/aromatic N) is 1. The van der Waals surface area contributed by atoms with Crippen LogP contribution in [0.5, 0.6) is 11.5 Å². The standard InChI is InChI=1S/C25H26N2O2/c28-21-10-11-22-24(16-21)29-17-23(18-4-2-1-3-5-18)25(22)19-6-8-20(9-7-19)27-14-12-26-13-15-27/h1-11,16,23,25-26,28H,12-15,17H2/t23-,25-/m1/s1. The monoisotopic (exact) mass is 386 g/mol. The minimum Gasteiger partial charge on any atom is -0.508 e. The molecule has 1 saturated heterocycles. The van der Waals surface area contributed by atoms with Crippen LogP contribution in [0.25, 0.3) is 0 Å². The molecule has 0 aliphatic carbocycles. The maximum absolute atomic E-state index is 9.92. The first kappa shape index (κ1) is 18.1. The average Bonchev–Trinajstić information content (AvgIpc) is 2.79. The zero-order valence-electron chi connectivity index (χ0n) is 16.4. The smallest absolute Gasteiger partial charge is 0.126 e. The molecule has 0 saturated carbocycles. The van der Waals surface area contributed by atoms with Gasteiger partial charge in [-0.15, -0.1) is 0 Å². The topological polar surface area (TPSA) is 44.7 Å². The maximum Gasteiger partial charge on any atom is 0.126 e. The zero-order chi connectivity index (χ0) is 19.6. The highest BCUT2D eigenvalue weighted by Gasteiger charge is 2.33. The number of nitrogens with one attached hydrogen (secondary N) is 1. The summed E-state index contributed by atoms with van der Waals surface area (Å²) >= 11 is 0. The van der Waals surface area contributed by atoms with E-state index in [-0.39, 0.29) is 17.6 Å². The fraction of sp³-hybridized carbons (Fsp3) is 0.280. The van der Waals surface area contributed by atoms with Crippen molar-refractivity contribution in [1.82, 2.24) is 5.32 Å². The molecule has 0 radical (unpaired) electrons. The molecular weight excluding hydrogens is 360 g/mol. The van der Waals surface area contributed by atoms with E-state index in [0.29, 0.717) is 6.61 Å². The fourth-order valence-corrected chi connectivity index (χ4v) is 4.61. The summed E-state index contributed by atoms with van der Waals surface area (Å²) in [5, 5.41) is 13.3. The van der Waals surface area contributed by atoms with E-state index in [1.54, 1.807) is 12.1 Å². The van der Waals surface area contributed by atoms with Gasteiger partial charge in [-0.2, -0.15) is 0 Å². The van der Waals surface area contributed by atoms with Crippen LogP contribution in [0.2, 0.25) is 0 Å². The van der Waals surface area contributed by atoms with Gasteiger partial charge in [0.15, 0.2) is 0 Å². The van der Waals surface area contributed by atoms with E-state index >= 15 is 0 Å². The van der Waals surface area contributed by atoms with E-state index in [9.17, 15) is 5.11 Å². The number of phenols is 1. The Balaban J connectivity index is 1.53. The average molecular weight is 386 g/mol. The molecule has 5 rings (SSSR count). The summed E-state index contributed by atoms with van der Waals surface area (Å²) in [6.45, 7) is 4.77. The third-order valence-corrected chi connectivity index (χ3v) is 6.12. The van der Waals surface area contributed by atoms with Gasteiger partial charge in [0.05, 0.1) is 6.61 Å². The minimum absolute atomic E-state index is 0.193. The quantitative estimate of drug-likeness (QED) is 0.711. The van der Waals surface area contributed by atoms with Gasteiger partial charge in [-0.3, -0.25) is 0 Å². The number of fused-ring (bicyclic) bond motifs is 1. The molecule has 2 aliphatic heterocycles. The Morgan fingerprint density at radius 1 is 0.862 bits per heavy atom. The Bertz CT molecular complexity index is 966. The normalized spacial score (nSPS) is 21.3. The fourth-order valence-electron chi connectivity index (χ4n) is 4.61. The van der Waals surface area contributed by atoms with Gasteiger partial charge in [0, 0.05) is 55.3 Å². The zero-order valence-corrected chi connectivity index (χ0v) is 16.4. The predicted octanol–water partition coefficient (Wildman–Crippen LogP) is 4.11. The van der Waals surface area contributed by atoms with Gasteiger partial charge in [0.2, 0.25) is 0 Å². The van der Waals surface area contributed by atoms with Gasteiger partial charge < -0.3 is 20.1 Å². The number of benzene rings is 3. The SMILES string of the molecule is Oc1ccc2c(c1)OC[C@H](c1ccccc1)[C@@H]2c1ccc(N2CCNCC2)cc1. The number of hydrogen-bond donors (Lipinski definition) is 2. The van der Waals surface area contributed by atoms with Gasteiger partial charge >= 0.3 is 0 Å². The Hall–Kier alpha value is -2.98. The molecular formula is C25H26N2O2. The van der Waals surface area contributed by atoms with Gasteiger partial charge in [0.1, 0.15) is 11.5 Å². The van der Waals surface area contributed by atoms with Crippen molar-refractivity contribution in [3.63, 3.8) is 0 Å². The third-order valence-electron chi connectivity index (χ3n) is 6.12. The van der Waals surface area contributed by atoms with Gasteiger partial charge in [-0.25, -0.2) is 0 Å². The van der Waals surface area contributed by atoms with Crippen molar-refractivity contribution in [2.75, 3.05) is 37.7 Å². The number of piperazine rings is 1. The van der Waals surface area contributed by atoms with Crippen molar-refractivity contribution in [1.29, 1.82) is 0 Å². The van der Waals surface area contributed by atoms with E-state index < -0.39 is 0 Å². The second-order valence-electron chi connectivity index (χ2n) is 7.86. The molecule has 1 fully saturated rings. The molecule has 0 spiro atoms. The van der Waals surface area contributed by atoms with Gasteiger partial charge in [0.25, 0.3) is 0 Å². The van der Waals surface area contributed by atoms with Gasteiger partial charge in [-0.1, -0.05) is 48.5 Å². The maximum atomic E-state index is 9.92. The summed E-state index contributed by atoms with van der Waals surface area (Å²) in [5.41, 5.74) is 4.98. The molecule has 2 heterocycles. The van der Waals surface area contributed by atoms with Crippen LogP contribution in [-0.2, 0) is 0 Å². The molecule has 4 nitrogen and oxygen atoms in total. The second kappa shape index (κ2) is 7.80. The van der Waals surface area contributed by atoms with Crippen LogP contribution in [0.4, 0.5) is 5.69 Å². The molecule has 29 heavy (non-hydrogen) atoms. The summed E-state index contributed by atoms with van der Waals surface area (Å²) < 4.78 is 6.07. The summed E-state index contributed by atoms with van der Waals surface area (Å²) in [5.74, 6) is 1.46. The lowest BCUT2D eigenvalue weighted by atomic mass is 9.76. The largest absolute Gasteiger partial charge is 0.508 e. The van der Waals surface area contributed by atoms with Crippen LogP contribution < -0.4 is 15.0 Å². The summed E-state index contributed by atoms with van der Waals surface area (Å²) in [7, 11) is 0. The molecule has 2 N–H and O–H groups in total. The predicted molar refractivity (Wildman–Crippen MR) is 116 cm³/mol. The molecule has 3 aromatic rings. The Labute approximate surface area is 171 Å². The van der Waals surface area contributed by atoms with Crippen molar-refractivity contribution >= 4 is 5.69 Å². The van der Waals surface area contributed by atoms with E-state index in [1.165, 1.54) is 16.8 Å². The van der Waals surface area contributed by atoms with Crippen molar-refractivity contribution in [3.8, 4) is 11.5 Å². The van der Waals surface area contributed by atoms with Crippen molar-refractivity contribution < 1.29 is 9.84 Å². The Morgan fingerprint density at radius 2 is 1.62 bits per heavy atom. The molecule has 2 aliphatic rings. The lowest BCUT2D eigenvalue weighted by Gasteiger charge is -2.35. The van der Waals surface area contributed by atoms with Crippen molar-refractivity contribution in [2.24, 2.45) is 0 Å². The molecule has 0 amide bonds. The van der Waals surface area contributed by atoms with Gasteiger partial charge in [-0.05, 0) is 29.3 Å². The molecule has 0 unspecified atom stereocenters. The number of rotatable bonds is 3. The number of hydrogen-bond acceptors (Lipinski definition) is 4. The third kappa shape index (κ3) is 3.56. The summed E-state index contributed by atoms with van der Waals surface area (Å²) in [6.07, 6.45) is 0. The number of anilines is 1. The van der Waals surface area contributed by atoms with Crippen LogP contribution in [0, 0.1) is 0 Å². The van der Waals surface area contributed by atoms with E-state index in [4.69, 9.17) is 4.74 Å². The van der Waals surface area contributed by atoms with E-state index in [2.05, 4.69) is 64.8 Å². The van der Waals surface area contributed by atoms with Crippen LogP contribution in [0.1, 0.15) is 28.5 Å². The van der Waals surface area contributed by atoms with E-state index in [0.717, 1.165) is 37.5 Å². The molecule has 2 atom stereocenters. The van der Waals surface area contributed by atoms with Crippen LogP contribution in [0.3, 0.4) is 0 Å². The van der Waals surface area contributed by atoms with Crippen LogP contribution >= 0.6 is 0 Å². The molecule has 4 heteroatoms. The first-order chi connectivity index (χ1) is 14.3. The minimum atomic E-state index is 0.193. The highest BCUT2D eigenvalue weighted by atomic mass is 16.5. The highest BCUT2D eigenvalue weighted by molar-refractivity contribution is 5.54. The number of phenolic OH excluding ortho intramolecular Hbond substituents is 1. The summed E-state index contributed by atoms with van der Waals surface area (Å²) in [6, 6.07) is 25.1. The van der Waals surface area contributed by atoms with Crippen molar-refractivity contribution in [2.45, 2.75) is 11.8 Å².